The number of hydrogen-bond acceptors (Lipinski definition) is 5. The maximum atomic E-state index is 12.4. The highest BCUT2D eigenvalue weighted by molar-refractivity contribution is 6.04. The molecule has 0 aliphatic carbocycles. The Balaban J connectivity index is 1.94. The smallest absolute Gasteiger partial charge is 0.344 e. The van der Waals surface area contributed by atoms with Crippen LogP contribution in [0.15, 0.2) is 57.7 Å². The third-order valence-electron chi connectivity index (χ3n) is 3.55. The number of methoxy groups -OCH3 is 2. The van der Waals surface area contributed by atoms with Gasteiger partial charge < -0.3 is 19.2 Å². The van der Waals surface area contributed by atoms with Gasteiger partial charge in [-0.15, -0.1) is 0 Å². The monoisotopic (exact) mass is 325 g/mol. The molecule has 122 valence electrons. The maximum Gasteiger partial charge on any atom is 0.344 e. The van der Waals surface area contributed by atoms with Crippen molar-refractivity contribution in [2.45, 2.75) is 0 Å². The minimum absolute atomic E-state index is 0.0726. The fraction of sp³-hybridized carbons (Fsp3) is 0.111. The van der Waals surface area contributed by atoms with Crippen LogP contribution in [0.5, 0.6) is 11.5 Å². The van der Waals surface area contributed by atoms with E-state index in [1.807, 2.05) is 0 Å². The predicted octanol–water partition coefficient (Wildman–Crippen LogP) is 3.06. The van der Waals surface area contributed by atoms with Gasteiger partial charge in [-0.1, -0.05) is 18.2 Å². The van der Waals surface area contributed by atoms with Crippen molar-refractivity contribution in [1.82, 2.24) is 0 Å². The normalized spacial score (nSPS) is 10.4. The number of hydrogen-bond donors (Lipinski definition) is 1. The minimum atomic E-state index is -0.556. The van der Waals surface area contributed by atoms with E-state index in [-0.39, 0.29) is 5.76 Å². The Hall–Kier alpha value is -3.28. The van der Waals surface area contributed by atoms with Crippen molar-refractivity contribution in [1.29, 1.82) is 0 Å². The molecule has 1 aromatic heterocycles. The van der Waals surface area contributed by atoms with Crippen LogP contribution in [0.3, 0.4) is 0 Å². The lowest BCUT2D eigenvalue weighted by atomic mass is 10.1. The van der Waals surface area contributed by atoms with Crippen LogP contribution in [0.4, 0.5) is 5.69 Å². The van der Waals surface area contributed by atoms with Gasteiger partial charge >= 0.3 is 5.63 Å². The van der Waals surface area contributed by atoms with E-state index in [2.05, 4.69) is 5.32 Å². The Bertz CT molecular complexity index is 961. The SMILES string of the molecule is COc1ccc(NC(=O)c2cc3ccccc3c(=O)o2)c(OC)c1. The van der Waals surface area contributed by atoms with Crippen LogP contribution in [0.1, 0.15) is 10.6 Å². The van der Waals surface area contributed by atoms with Crippen LogP contribution < -0.4 is 20.4 Å². The summed E-state index contributed by atoms with van der Waals surface area (Å²) in [6.07, 6.45) is 0. The Labute approximate surface area is 137 Å². The molecule has 1 amide bonds. The molecule has 0 atom stereocenters. The number of amides is 1. The Morgan fingerprint density at radius 2 is 1.83 bits per heavy atom. The quantitative estimate of drug-likeness (QED) is 0.797. The van der Waals surface area contributed by atoms with E-state index in [1.54, 1.807) is 42.5 Å². The van der Waals surface area contributed by atoms with E-state index in [9.17, 15) is 9.59 Å². The number of benzene rings is 2. The average molecular weight is 325 g/mol. The van der Waals surface area contributed by atoms with Gasteiger partial charge in [0.05, 0.1) is 25.3 Å². The van der Waals surface area contributed by atoms with Gasteiger partial charge in [-0.05, 0) is 29.7 Å². The van der Waals surface area contributed by atoms with Crippen molar-refractivity contribution in [2.75, 3.05) is 19.5 Å². The first-order chi connectivity index (χ1) is 11.6. The second-order valence-corrected chi connectivity index (χ2v) is 5.01. The molecule has 0 aliphatic heterocycles. The van der Waals surface area contributed by atoms with Gasteiger partial charge in [-0.25, -0.2) is 4.79 Å². The number of ether oxygens (including phenoxy) is 2. The third kappa shape index (κ3) is 2.94. The topological polar surface area (TPSA) is 77.8 Å². The van der Waals surface area contributed by atoms with Crippen molar-refractivity contribution >= 4 is 22.4 Å². The predicted molar refractivity (Wildman–Crippen MR) is 90.0 cm³/mol. The van der Waals surface area contributed by atoms with Crippen LogP contribution in [-0.4, -0.2) is 20.1 Å². The first-order valence-corrected chi connectivity index (χ1v) is 7.18. The molecular weight excluding hydrogens is 310 g/mol. The fourth-order valence-electron chi connectivity index (χ4n) is 2.33. The standard InChI is InChI=1S/C18H15NO5/c1-22-12-7-8-14(15(10-12)23-2)19-17(20)16-9-11-5-3-4-6-13(11)18(21)24-16/h3-10H,1-2H3,(H,19,20). The molecule has 1 N–H and O–H groups in total. The number of rotatable bonds is 4. The van der Waals surface area contributed by atoms with Crippen LogP contribution in [-0.2, 0) is 0 Å². The van der Waals surface area contributed by atoms with Crippen molar-refractivity contribution in [2.24, 2.45) is 0 Å². The molecule has 0 radical (unpaired) electrons. The summed E-state index contributed by atoms with van der Waals surface area (Å²) < 4.78 is 15.5. The molecular formula is C18H15NO5. The lowest BCUT2D eigenvalue weighted by molar-refractivity contribution is 0.0992. The molecule has 0 fully saturated rings. The fourth-order valence-corrected chi connectivity index (χ4v) is 2.33. The first kappa shape index (κ1) is 15.6. The van der Waals surface area contributed by atoms with E-state index >= 15 is 0 Å². The van der Waals surface area contributed by atoms with Gasteiger partial charge in [-0.2, -0.15) is 0 Å². The molecule has 3 aromatic rings. The van der Waals surface area contributed by atoms with Gasteiger partial charge in [0, 0.05) is 6.07 Å². The van der Waals surface area contributed by atoms with Gasteiger partial charge in [0.2, 0.25) is 0 Å². The number of anilines is 1. The van der Waals surface area contributed by atoms with Crippen molar-refractivity contribution < 1.29 is 18.7 Å². The molecule has 0 saturated heterocycles. The van der Waals surface area contributed by atoms with Gasteiger partial charge in [0.15, 0.2) is 5.76 Å². The molecule has 0 saturated carbocycles. The average Bonchev–Trinajstić information content (AvgIpc) is 2.62. The molecule has 1 heterocycles. The summed E-state index contributed by atoms with van der Waals surface area (Å²) in [7, 11) is 3.03. The summed E-state index contributed by atoms with van der Waals surface area (Å²) in [6, 6.07) is 13.4. The van der Waals surface area contributed by atoms with Crippen molar-refractivity contribution in [3.05, 3.63) is 64.7 Å². The van der Waals surface area contributed by atoms with Gasteiger partial charge in [0.25, 0.3) is 5.91 Å². The Kier molecular flexibility index (Phi) is 4.20. The lowest BCUT2D eigenvalue weighted by Gasteiger charge is -2.11. The zero-order valence-electron chi connectivity index (χ0n) is 13.2. The third-order valence-corrected chi connectivity index (χ3v) is 3.55. The summed E-state index contributed by atoms with van der Waals surface area (Å²) in [5.74, 6) is 0.422. The summed E-state index contributed by atoms with van der Waals surface area (Å²) >= 11 is 0. The van der Waals surface area contributed by atoms with E-state index in [4.69, 9.17) is 13.9 Å². The molecule has 0 aliphatic rings. The maximum absolute atomic E-state index is 12.4. The highest BCUT2D eigenvalue weighted by atomic mass is 16.5. The highest BCUT2D eigenvalue weighted by Crippen LogP contribution is 2.29. The van der Waals surface area contributed by atoms with Crippen LogP contribution >= 0.6 is 0 Å². The molecule has 2 aromatic carbocycles. The van der Waals surface area contributed by atoms with E-state index in [1.165, 1.54) is 20.3 Å². The molecule has 3 rings (SSSR count). The van der Waals surface area contributed by atoms with Crippen LogP contribution in [0.25, 0.3) is 10.8 Å². The lowest BCUT2D eigenvalue weighted by Crippen LogP contribution is -2.15. The first-order valence-electron chi connectivity index (χ1n) is 7.18. The largest absolute Gasteiger partial charge is 0.497 e. The van der Waals surface area contributed by atoms with Gasteiger partial charge in [0.1, 0.15) is 11.5 Å². The molecule has 24 heavy (non-hydrogen) atoms. The second-order valence-electron chi connectivity index (χ2n) is 5.01. The van der Waals surface area contributed by atoms with Crippen molar-refractivity contribution in [3.8, 4) is 11.5 Å². The number of nitrogens with one attached hydrogen (secondary N) is 1. The summed E-state index contributed by atoms with van der Waals surface area (Å²) in [6.45, 7) is 0. The zero-order chi connectivity index (χ0) is 17.1. The van der Waals surface area contributed by atoms with Crippen LogP contribution in [0, 0.1) is 0 Å². The summed E-state index contributed by atoms with van der Waals surface area (Å²) in [5, 5.41) is 3.74. The summed E-state index contributed by atoms with van der Waals surface area (Å²) in [4.78, 5) is 24.4. The molecule has 6 heteroatoms. The van der Waals surface area contributed by atoms with Gasteiger partial charge in [-0.3, -0.25) is 4.79 Å². The number of fused-ring (bicyclic) bond motifs is 1. The van der Waals surface area contributed by atoms with E-state index in [0.29, 0.717) is 28.0 Å². The van der Waals surface area contributed by atoms with E-state index in [0.717, 1.165) is 0 Å². The molecule has 0 bridgehead atoms. The van der Waals surface area contributed by atoms with Crippen molar-refractivity contribution in [3.63, 3.8) is 0 Å². The van der Waals surface area contributed by atoms with Crippen LogP contribution in [0.2, 0.25) is 0 Å². The number of carbonyl (C=O) groups is 1. The highest BCUT2D eigenvalue weighted by Gasteiger charge is 2.15. The molecule has 0 spiro atoms. The Morgan fingerprint density at radius 3 is 2.58 bits per heavy atom. The zero-order valence-corrected chi connectivity index (χ0v) is 13.2. The summed E-state index contributed by atoms with van der Waals surface area (Å²) in [5.41, 5.74) is -0.112. The Morgan fingerprint density at radius 1 is 1.04 bits per heavy atom. The minimum Gasteiger partial charge on any atom is -0.497 e. The van der Waals surface area contributed by atoms with E-state index < -0.39 is 11.5 Å². The molecule has 0 unspecified atom stereocenters. The molecule has 6 nitrogen and oxygen atoms in total. The second kappa shape index (κ2) is 6.45. The number of carbonyl (C=O) groups excluding carboxylic acids is 1.